The van der Waals surface area contributed by atoms with Crippen molar-refractivity contribution < 1.29 is 4.42 Å². The number of allylic oxidation sites excluding steroid dienone is 2. The normalized spacial score (nSPS) is 14.4. The summed E-state index contributed by atoms with van der Waals surface area (Å²) in [5.41, 5.74) is 7.25. The van der Waals surface area contributed by atoms with Crippen molar-refractivity contribution in [2.75, 3.05) is 9.80 Å². The molecule has 4 heteroatoms. The van der Waals surface area contributed by atoms with Crippen LogP contribution in [0.1, 0.15) is 6.42 Å². The molecule has 0 bridgehead atoms. The Kier molecular flexibility index (Phi) is 6.81. The SMILES string of the molecule is C1=CCC(N(c2ccccc2)c2cc3c(cc2N(c2ccccc2)c2ccc4sc5ccccc5c4c2)oc2cc4ccccc4cc23)C=C1. The molecule has 2 aromatic heterocycles. The number of furan rings is 1. The summed E-state index contributed by atoms with van der Waals surface area (Å²) in [6.07, 6.45) is 9.81. The van der Waals surface area contributed by atoms with Gasteiger partial charge in [0.1, 0.15) is 11.2 Å². The summed E-state index contributed by atoms with van der Waals surface area (Å²) in [5.74, 6) is 0. The molecule has 0 amide bonds. The first-order chi connectivity index (χ1) is 24.8. The maximum Gasteiger partial charge on any atom is 0.137 e. The molecular weight excluding hydrogens is 629 g/mol. The second kappa shape index (κ2) is 11.8. The molecule has 2 heterocycles. The largest absolute Gasteiger partial charge is 0.456 e. The van der Waals surface area contributed by atoms with E-state index in [9.17, 15) is 0 Å². The molecule has 0 saturated carbocycles. The Morgan fingerprint density at radius 3 is 1.98 bits per heavy atom. The molecule has 0 radical (unpaired) electrons. The number of hydrogen-bond donors (Lipinski definition) is 0. The lowest BCUT2D eigenvalue weighted by molar-refractivity contribution is 0.669. The smallest absolute Gasteiger partial charge is 0.137 e. The van der Waals surface area contributed by atoms with Gasteiger partial charge in [0, 0.05) is 54.1 Å². The lowest BCUT2D eigenvalue weighted by Crippen LogP contribution is -2.31. The average Bonchev–Trinajstić information content (AvgIpc) is 3.72. The molecule has 1 atom stereocenters. The summed E-state index contributed by atoms with van der Waals surface area (Å²) in [4.78, 5) is 4.91. The summed E-state index contributed by atoms with van der Waals surface area (Å²) in [5, 5.41) is 7.15. The minimum atomic E-state index is 0.124. The third kappa shape index (κ3) is 4.80. The van der Waals surface area contributed by atoms with E-state index in [1.165, 1.54) is 30.9 Å². The predicted octanol–water partition coefficient (Wildman–Crippen LogP) is 13.6. The van der Waals surface area contributed by atoms with Gasteiger partial charge in [-0.3, -0.25) is 0 Å². The van der Waals surface area contributed by atoms with Crippen LogP contribution in [-0.4, -0.2) is 6.04 Å². The van der Waals surface area contributed by atoms with Crippen LogP contribution in [0, 0.1) is 0 Å². The van der Waals surface area contributed by atoms with E-state index < -0.39 is 0 Å². The fraction of sp³-hybridized carbons (Fsp3) is 0.0435. The highest BCUT2D eigenvalue weighted by Gasteiger charge is 2.27. The minimum Gasteiger partial charge on any atom is -0.456 e. The number of para-hydroxylation sites is 2. The van der Waals surface area contributed by atoms with Crippen LogP contribution in [0.2, 0.25) is 0 Å². The van der Waals surface area contributed by atoms with E-state index in [1.54, 1.807) is 0 Å². The Balaban J connectivity index is 1.30. The summed E-state index contributed by atoms with van der Waals surface area (Å²) in [7, 11) is 0. The van der Waals surface area contributed by atoms with Crippen LogP contribution in [0.25, 0.3) is 52.9 Å². The van der Waals surface area contributed by atoms with Crippen molar-refractivity contribution >= 4 is 92.7 Å². The Morgan fingerprint density at radius 2 is 1.18 bits per heavy atom. The number of hydrogen-bond acceptors (Lipinski definition) is 4. The zero-order valence-electron chi connectivity index (χ0n) is 27.2. The third-order valence-corrected chi connectivity index (χ3v) is 11.0. The van der Waals surface area contributed by atoms with Gasteiger partial charge in [-0.1, -0.05) is 103 Å². The maximum absolute atomic E-state index is 6.76. The quantitative estimate of drug-likeness (QED) is 0.177. The number of anilines is 5. The lowest BCUT2D eigenvalue weighted by Gasteiger charge is -2.37. The molecule has 0 saturated heterocycles. The molecule has 10 rings (SSSR count). The summed E-state index contributed by atoms with van der Waals surface area (Å²) >= 11 is 1.85. The number of thiophene rings is 1. The highest BCUT2D eigenvalue weighted by molar-refractivity contribution is 7.25. The van der Waals surface area contributed by atoms with Crippen LogP contribution in [-0.2, 0) is 0 Å². The molecular formula is C46H32N2OS. The van der Waals surface area contributed by atoms with Gasteiger partial charge in [0.15, 0.2) is 0 Å². The van der Waals surface area contributed by atoms with Crippen molar-refractivity contribution in [1.82, 2.24) is 0 Å². The highest BCUT2D eigenvalue weighted by atomic mass is 32.1. The Bertz CT molecular complexity index is 2760. The summed E-state index contributed by atoms with van der Waals surface area (Å²) in [6.45, 7) is 0. The molecule has 0 N–H and O–H groups in total. The molecule has 3 nitrogen and oxygen atoms in total. The van der Waals surface area contributed by atoms with Gasteiger partial charge >= 0.3 is 0 Å². The van der Waals surface area contributed by atoms with Crippen molar-refractivity contribution in [2.24, 2.45) is 0 Å². The second-order valence-electron chi connectivity index (χ2n) is 12.9. The second-order valence-corrected chi connectivity index (χ2v) is 14.0. The van der Waals surface area contributed by atoms with Crippen molar-refractivity contribution in [3.05, 3.63) is 176 Å². The highest BCUT2D eigenvalue weighted by Crippen LogP contribution is 2.49. The lowest BCUT2D eigenvalue weighted by atomic mass is 10.0. The van der Waals surface area contributed by atoms with Gasteiger partial charge < -0.3 is 14.2 Å². The topological polar surface area (TPSA) is 19.6 Å². The van der Waals surface area contributed by atoms with Crippen LogP contribution >= 0.6 is 11.3 Å². The number of fused-ring (bicyclic) bond motifs is 7. The molecule has 238 valence electrons. The first kappa shape index (κ1) is 28.9. The van der Waals surface area contributed by atoms with Gasteiger partial charge in [0.25, 0.3) is 0 Å². The zero-order chi connectivity index (χ0) is 33.0. The van der Waals surface area contributed by atoms with E-state index >= 15 is 0 Å². The maximum atomic E-state index is 6.76. The first-order valence-electron chi connectivity index (χ1n) is 17.1. The first-order valence-corrected chi connectivity index (χ1v) is 17.9. The van der Waals surface area contributed by atoms with Gasteiger partial charge in [-0.2, -0.15) is 0 Å². The van der Waals surface area contributed by atoms with Crippen LogP contribution in [0.3, 0.4) is 0 Å². The predicted molar refractivity (Wildman–Crippen MR) is 214 cm³/mol. The van der Waals surface area contributed by atoms with Gasteiger partial charge in [-0.05, 0) is 83.9 Å². The standard InChI is InChI=1S/C46H32N2OS/c1-4-16-33(17-5-1)47(34-18-6-2-7-19-34)41-29-39-38-26-31-14-10-11-15-32(31)27-43(38)49-44(39)30-42(41)48(35-20-8-3-9-21-35)36-24-25-46-40(28-36)37-22-12-13-23-45(37)50-46/h1-18,20-30,34H,19H2. The van der Waals surface area contributed by atoms with Crippen LogP contribution in [0.5, 0.6) is 0 Å². The van der Waals surface area contributed by atoms with Crippen LogP contribution in [0.15, 0.2) is 180 Å². The minimum absolute atomic E-state index is 0.124. The summed E-state index contributed by atoms with van der Waals surface area (Å²) in [6, 6.07) is 54.9. The number of rotatable bonds is 6. The van der Waals surface area contributed by atoms with Crippen molar-refractivity contribution in [3.63, 3.8) is 0 Å². The Labute approximate surface area is 294 Å². The number of benzene rings is 7. The van der Waals surface area contributed by atoms with Crippen LogP contribution in [0.4, 0.5) is 28.4 Å². The molecule has 9 aromatic rings. The molecule has 0 fully saturated rings. The monoisotopic (exact) mass is 660 g/mol. The fourth-order valence-corrected chi connectivity index (χ4v) is 8.66. The van der Waals surface area contributed by atoms with E-state index in [0.29, 0.717) is 0 Å². The van der Waals surface area contributed by atoms with Gasteiger partial charge in [-0.15, -0.1) is 11.3 Å². The molecule has 1 aliphatic rings. The van der Waals surface area contributed by atoms with E-state index in [2.05, 4.69) is 186 Å². The molecule has 0 spiro atoms. The van der Waals surface area contributed by atoms with Gasteiger partial charge in [0.2, 0.25) is 0 Å². The van der Waals surface area contributed by atoms with E-state index in [4.69, 9.17) is 4.42 Å². The number of nitrogens with zero attached hydrogens (tertiary/aromatic N) is 2. The van der Waals surface area contributed by atoms with Crippen LogP contribution < -0.4 is 9.80 Å². The van der Waals surface area contributed by atoms with E-state index in [1.807, 2.05) is 11.3 Å². The molecule has 0 aliphatic heterocycles. The van der Waals surface area contributed by atoms with Crippen molar-refractivity contribution in [1.29, 1.82) is 0 Å². The van der Waals surface area contributed by atoms with Gasteiger partial charge in [0.05, 0.1) is 17.4 Å². The molecule has 50 heavy (non-hydrogen) atoms. The average molecular weight is 661 g/mol. The molecule has 1 unspecified atom stereocenters. The third-order valence-electron chi connectivity index (χ3n) is 9.89. The molecule has 1 aliphatic carbocycles. The van der Waals surface area contributed by atoms with E-state index in [-0.39, 0.29) is 6.04 Å². The van der Waals surface area contributed by atoms with Crippen molar-refractivity contribution in [3.8, 4) is 0 Å². The molecule has 7 aromatic carbocycles. The van der Waals surface area contributed by atoms with Crippen molar-refractivity contribution in [2.45, 2.75) is 12.5 Å². The van der Waals surface area contributed by atoms with Gasteiger partial charge in [-0.25, -0.2) is 0 Å². The fourth-order valence-electron chi connectivity index (χ4n) is 7.57. The zero-order valence-corrected chi connectivity index (χ0v) is 28.1. The van der Waals surface area contributed by atoms with E-state index in [0.717, 1.165) is 56.8 Å². The summed E-state index contributed by atoms with van der Waals surface area (Å²) < 4.78 is 9.34. The Hall–Kier alpha value is -6.10. The Morgan fingerprint density at radius 1 is 0.500 bits per heavy atom.